The summed E-state index contributed by atoms with van der Waals surface area (Å²) in [6, 6.07) is 15.7. The lowest BCUT2D eigenvalue weighted by Crippen LogP contribution is -2.28. The third-order valence-electron chi connectivity index (χ3n) is 5.73. The van der Waals surface area contributed by atoms with Crippen LogP contribution in [-0.2, 0) is 37.3 Å². The summed E-state index contributed by atoms with van der Waals surface area (Å²) in [5, 5.41) is 11.7. The predicted molar refractivity (Wildman–Crippen MR) is 121 cm³/mol. The van der Waals surface area contributed by atoms with Crippen LogP contribution in [0.3, 0.4) is 0 Å². The number of ether oxygens (including phenoxy) is 2. The minimum atomic E-state index is -0.0181. The SMILES string of the molecule is COc1ccc(CN2CCc3nnc(CNC(=O)Cc4ccccc4)n3CC2)c(OC)c1. The van der Waals surface area contributed by atoms with E-state index in [0.717, 1.165) is 66.9 Å². The molecule has 1 N–H and O–H groups in total. The van der Waals surface area contributed by atoms with Gasteiger partial charge in [-0.05, 0) is 11.6 Å². The van der Waals surface area contributed by atoms with Crippen molar-refractivity contribution in [2.75, 3.05) is 27.3 Å². The lowest BCUT2D eigenvalue weighted by molar-refractivity contribution is -0.120. The van der Waals surface area contributed by atoms with E-state index in [-0.39, 0.29) is 5.91 Å². The minimum Gasteiger partial charge on any atom is -0.497 e. The molecule has 1 aliphatic heterocycles. The number of rotatable bonds is 8. The van der Waals surface area contributed by atoms with E-state index in [9.17, 15) is 4.79 Å². The van der Waals surface area contributed by atoms with Crippen molar-refractivity contribution in [1.29, 1.82) is 0 Å². The van der Waals surface area contributed by atoms with Gasteiger partial charge in [0.15, 0.2) is 5.82 Å². The molecule has 0 bridgehead atoms. The van der Waals surface area contributed by atoms with E-state index in [1.54, 1.807) is 14.2 Å². The number of carbonyl (C=O) groups is 1. The lowest BCUT2D eigenvalue weighted by Gasteiger charge is -2.21. The van der Waals surface area contributed by atoms with Gasteiger partial charge in [-0.25, -0.2) is 0 Å². The van der Waals surface area contributed by atoms with Crippen LogP contribution in [0.4, 0.5) is 0 Å². The highest BCUT2D eigenvalue weighted by Gasteiger charge is 2.20. The lowest BCUT2D eigenvalue weighted by atomic mass is 10.1. The first-order chi connectivity index (χ1) is 15.7. The predicted octanol–water partition coefficient (Wildman–Crippen LogP) is 2.21. The molecule has 4 rings (SSSR count). The molecule has 0 saturated heterocycles. The zero-order valence-electron chi connectivity index (χ0n) is 18.6. The van der Waals surface area contributed by atoms with E-state index in [4.69, 9.17) is 9.47 Å². The number of carbonyl (C=O) groups excluding carboxylic acids is 1. The van der Waals surface area contributed by atoms with E-state index >= 15 is 0 Å². The molecule has 2 aromatic carbocycles. The van der Waals surface area contributed by atoms with Crippen LogP contribution in [-0.4, -0.2) is 52.9 Å². The van der Waals surface area contributed by atoms with E-state index < -0.39 is 0 Å². The topological polar surface area (TPSA) is 81.5 Å². The molecule has 1 aliphatic rings. The first-order valence-electron chi connectivity index (χ1n) is 10.8. The van der Waals surface area contributed by atoms with Gasteiger partial charge in [-0.3, -0.25) is 9.69 Å². The number of amides is 1. The smallest absolute Gasteiger partial charge is 0.224 e. The van der Waals surface area contributed by atoms with Crippen LogP contribution in [0.15, 0.2) is 48.5 Å². The Hall–Kier alpha value is -3.39. The van der Waals surface area contributed by atoms with E-state index in [1.165, 1.54) is 0 Å². The number of nitrogens with one attached hydrogen (secondary N) is 1. The van der Waals surface area contributed by atoms with Gasteiger partial charge in [0.1, 0.15) is 17.3 Å². The summed E-state index contributed by atoms with van der Waals surface area (Å²) in [6.07, 6.45) is 1.17. The molecule has 8 nitrogen and oxygen atoms in total. The second-order valence-electron chi connectivity index (χ2n) is 7.83. The normalized spacial score (nSPS) is 13.8. The highest BCUT2D eigenvalue weighted by Crippen LogP contribution is 2.26. The molecule has 0 fully saturated rings. The number of methoxy groups -OCH3 is 2. The van der Waals surface area contributed by atoms with Crippen molar-refractivity contribution in [3.05, 3.63) is 71.3 Å². The molecule has 2 heterocycles. The van der Waals surface area contributed by atoms with Crippen LogP contribution in [0.2, 0.25) is 0 Å². The maximum absolute atomic E-state index is 12.3. The summed E-state index contributed by atoms with van der Waals surface area (Å²) >= 11 is 0. The van der Waals surface area contributed by atoms with Crippen molar-refractivity contribution in [3.8, 4) is 11.5 Å². The number of hydrogen-bond donors (Lipinski definition) is 1. The summed E-state index contributed by atoms with van der Waals surface area (Å²) in [4.78, 5) is 14.7. The fourth-order valence-electron chi connectivity index (χ4n) is 3.96. The fourth-order valence-corrected chi connectivity index (χ4v) is 3.96. The Labute approximate surface area is 188 Å². The number of fused-ring (bicyclic) bond motifs is 1. The average Bonchev–Trinajstić information content (AvgIpc) is 3.10. The number of nitrogens with zero attached hydrogens (tertiary/aromatic N) is 4. The van der Waals surface area contributed by atoms with Gasteiger partial charge in [-0.1, -0.05) is 36.4 Å². The average molecular weight is 436 g/mol. The summed E-state index contributed by atoms with van der Waals surface area (Å²) in [6.45, 7) is 3.70. The molecule has 0 atom stereocenters. The third kappa shape index (κ3) is 5.26. The standard InChI is InChI=1S/C24H29N5O3/c1-31-20-9-8-19(21(15-20)32-2)17-28-11-10-22-26-27-23(29(22)13-12-28)16-25-24(30)14-18-6-4-3-5-7-18/h3-9,15H,10-14,16-17H2,1-2H3,(H,25,30). The van der Waals surface area contributed by atoms with Gasteiger partial charge in [-0.2, -0.15) is 0 Å². The third-order valence-corrected chi connectivity index (χ3v) is 5.73. The molecule has 8 heteroatoms. The zero-order chi connectivity index (χ0) is 22.3. The molecule has 0 saturated carbocycles. The highest BCUT2D eigenvalue weighted by molar-refractivity contribution is 5.78. The van der Waals surface area contributed by atoms with E-state index in [1.807, 2.05) is 42.5 Å². The van der Waals surface area contributed by atoms with Gasteiger partial charge < -0.3 is 19.4 Å². The molecular weight excluding hydrogens is 406 g/mol. The number of benzene rings is 2. The Morgan fingerprint density at radius 3 is 2.66 bits per heavy atom. The van der Waals surface area contributed by atoms with Gasteiger partial charge in [0.2, 0.25) is 5.91 Å². The quantitative estimate of drug-likeness (QED) is 0.584. The van der Waals surface area contributed by atoms with Crippen LogP contribution < -0.4 is 14.8 Å². The van der Waals surface area contributed by atoms with Crippen LogP contribution >= 0.6 is 0 Å². The van der Waals surface area contributed by atoms with E-state index in [2.05, 4.69) is 31.0 Å². The van der Waals surface area contributed by atoms with Crippen LogP contribution in [0, 0.1) is 0 Å². The molecule has 1 aromatic heterocycles. The molecule has 0 radical (unpaired) electrons. The molecule has 168 valence electrons. The summed E-state index contributed by atoms with van der Waals surface area (Å²) in [5.74, 6) is 3.35. The first kappa shape index (κ1) is 21.8. The van der Waals surface area contributed by atoms with Crippen molar-refractivity contribution in [2.45, 2.75) is 32.5 Å². The molecule has 0 aliphatic carbocycles. The van der Waals surface area contributed by atoms with Gasteiger partial charge in [0, 0.05) is 44.2 Å². The molecule has 0 unspecified atom stereocenters. The first-order valence-corrected chi connectivity index (χ1v) is 10.8. The fraction of sp³-hybridized carbons (Fsp3) is 0.375. The highest BCUT2D eigenvalue weighted by atomic mass is 16.5. The van der Waals surface area contributed by atoms with Crippen LogP contribution in [0.5, 0.6) is 11.5 Å². The Morgan fingerprint density at radius 2 is 1.88 bits per heavy atom. The molecule has 32 heavy (non-hydrogen) atoms. The maximum Gasteiger partial charge on any atom is 0.224 e. The van der Waals surface area contributed by atoms with Gasteiger partial charge >= 0.3 is 0 Å². The molecule has 3 aromatic rings. The van der Waals surface area contributed by atoms with Crippen molar-refractivity contribution < 1.29 is 14.3 Å². The van der Waals surface area contributed by atoms with E-state index in [0.29, 0.717) is 13.0 Å². The second-order valence-corrected chi connectivity index (χ2v) is 7.83. The Kier molecular flexibility index (Phi) is 7.01. The van der Waals surface area contributed by atoms with Crippen molar-refractivity contribution in [3.63, 3.8) is 0 Å². The summed E-state index contributed by atoms with van der Waals surface area (Å²) < 4.78 is 13.0. The largest absolute Gasteiger partial charge is 0.497 e. The summed E-state index contributed by atoms with van der Waals surface area (Å²) in [5.41, 5.74) is 2.12. The van der Waals surface area contributed by atoms with Crippen molar-refractivity contribution in [2.24, 2.45) is 0 Å². The second kappa shape index (κ2) is 10.3. The zero-order valence-corrected chi connectivity index (χ0v) is 18.6. The molecule has 0 spiro atoms. The minimum absolute atomic E-state index is 0.0181. The van der Waals surface area contributed by atoms with Crippen molar-refractivity contribution >= 4 is 5.91 Å². The maximum atomic E-state index is 12.3. The van der Waals surface area contributed by atoms with Gasteiger partial charge in [0.25, 0.3) is 0 Å². The Bertz CT molecular complexity index is 1050. The van der Waals surface area contributed by atoms with Gasteiger partial charge in [-0.15, -0.1) is 10.2 Å². The van der Waals surface area contributed by atoms with Crippen molar-refractivity contribution in [1.82, 2.24) is 25.0 Å². The molecular formula is C24H29N5O3. The van der Waals surface area contributed by atoms with Gasteiger partial charge in [0.05, 0.1) is 27.2 Å². The Balaban J connectivity index is 1.34. The van der Waals surface area contributed by atoms with Crippen LogP contribution in [0.1, 0.15) is 22.8 Å². The number of aromatic nitrogens is 3. The monoisotopic (exact) mass is 435 g/mol. The Morgan fingerprint density at radius 1 is 1.03 bits per heavy atom. The van der Waals surface area contributed by atoms with Crippen LogP contribution in [0.25, 0.3) is 0 Å². The molecule has 1 amide bonds. The number of hydrogen-bond acceptors (Lipinski definition) is 6. The summed E-state index contributed by atoms with van der Waals surface area (Å²) in [7, 11) is 3.33.